The number of nitrogens with two attached hydrogens (primary N) is 1. The average molecular weight is 388 g/mol. The Bertz CT molecular complexity index is 941. The Labute approximate surface area is 150 Å². The lowest BCUT2D eigenvalue weighted by Crippen LogP contribution is -2.11. The van der Waals surface area contributed by atoms with Crippen LogP contribution in [0.15, 0.2) is 29.7 Å². The summed E-state index contributed by atoms with van der Waals surface area (Å²) in [6.07, 6.45) is -1.13. The van der Waals surface area contributed by atoms with Crippen molar-refractivity contribution < 1.29 is 13.2 Å². The third-order valence-electron chi connectivity index (χ3n) is 3.56. The summed E-state index contributed by atoms with van der Waals surface area (Å²) in [6, 6.07) is 2.52. The van der Waals surface area contributed by atoms with Crippen LogP contribution >= 0.6 is 23.4 Å². The van der Waals surface area contributed by atoms with Gasteiger partial charge in [0.15, 0.2) is 10.9 Å². The van der Waals surface area contributed by atoms with Gasteiger partial charge in [0.2, 0.25) is 0 Å². The number of pyridine rings is 1. The molecule has 10 heteroatoms. The third kappa shape index (κ3) is 3.67. The number of aryl methyl sites for hydroxylation is 1. The smallest absolute Gasteiger partial charge is 0.384 e. The first-order chi connectivity index (χ1) is 11.6. The fourth-order valence-corrected chi connectivity index (χ4v) is 3.50. The van der Waals surface area contributed by atoms with Gasteiger partial charge in [-0.15, -0.1) is 0 Å². The van der Waals surface area contributed by atoms with E-state index in [2.05, 4.69) is 15.0 Å². The minimum atomic E-state index is -4.58. The zero-order chi connectivity index (χ0) is 18.4. The highest BCUT2D eigenvalue weighted by Crippen LogP contribution is 2.36. The standard InChI is InChI=1S/C15H13ClF3N5S/c1-7(10-3-8-9(16)6-24(2)11(8)5-21-10)25-14-22-12(15(17,18)19)4-13(20)23-14/h3-7H,1-2H3,(H2,20,22,23). The van der Waals surface area contributed by atoms with Crippen molar-refractivity contribution in [1.29, 1.82) is 0 Å². The van der Waals surface area contributed by atoms with Gasteiger partial charge >= 0.3 is 6.18 Å². The Kier molecular flexibility index (Phi) is 4.54. The van der Waals surface area contributed by atoms with E-state index in [1.54, 1.807) is 19.3 Å². The van der Waals surface area contributed by atoms with Gasteiger partial charge in [0.1, 0.15) is 5.82 Å². The molecule has 5 nitrogen and oxygen atoms in total. The van der Waals surface area contributed by atoms with E-state index in [0.717, 1.165) is 22.7 Å². The van der Waals surface area contributed by atoms with Crippen LogP contribution in [0.25, 0.3) is 10.9 Å². The molecule has 3 rings (SSSR count). The Balaban J connectivity index is 1.91. The van der Waals surface area contributed by atoms with Crippen LogP contribution < -0.4 is 5.73 Å². The maximum atomic E-state index is 12.8. The minimum Gasteiger partial charge on any atom is -0.384 e. The summed E-state index contributed by atoms with van der Waals surface area (Å²) in [4.78, 5) is 11.8. The molecular formula is C15H13ClF3N5S. The normalized spacial score (nSPS) is 13.4. The van der Waals surface area contributed by atoms with Gasteiger partial charge in [-0.25, -0.2) is 9.97 Å². The van der Waals surface area contributed by atoms with E-state index >= 15 is 0 Å². The van der Waals surface area contributed by atoms with Gasteiger partial charge in [-0.05, 0) is 13.0 Å². The number of rotatable bonds is 3. The van der Waals surface area contributed by atoms with E-state index in [1.807, 2.05) is 17.7 Å². The van der Waals surface area contributed by atoms with Crippen molar-refractivity contribution in [2.75, 3.05) is 5.73 Å². The van der Waals surface area contributed by atoms with Gasteiger partial charge in [-0.1, -0.05) is 23.4 Å². The van der Waals surface area contributed by atoms with Gasteiger partial charge in [0.25, 0.3) is 0 Å². The maximum absolute atomic E-state index is 12.8. The van der Waals surface area contributed by atoms with E-state index in [9.17, 15) is 13.2 Å². The van der Waals surface area contributed by atoms with Crippen molar-refractivity contribution in [1.82, 2.24) is 19.5 Å². The summed E-state index contributed by atoms with van der Waals surface area (Å²) < 4.78 is 40.4. The number of nitrogens with zero attached hydrogens (tertiary/aromatic N) is 4. The van der Waals surface area contributed by atoms with Crippen molar-refractivity contribution in [2.24, 2.45) is 7.05 Å². The highest BCUT2D eigenvalue weighted by molar-refractivity contribution is 7.99. The molecule has 0 aliphatic carbocycles. The number of halogens is 4. The summed E-state index contributed by atoms with van der Waals surface area (Å²) in [5, 5.41) is 1.06. The molecule has 0 aliphatic heterocycles. The van der Waals surface area contributed by atoms with Crippen molar-refractivity contribution in [3.8, 4) is 0 Å². The summed E-state index contributed by atoms with van der Waals surface area (Å²) in [7, 11) is 1.85. The predicted molar refractivity (Wildman–Crippen MR) is 91.4 cm³/mol. The lowest BCUT2D eigenvalue weighted by Gasteiger charge is -2.12. The summed E-state index contributed by atoms with van der Waals surface area (Å²) in [5.74, 6) is -0.230. The molecule has 0 spiro atoms. The van der Waals surface area contributed by atoms with Crippen molar-refractivity contribution in [2.45, 2.75) is 23.5 Å². The van der Waals surface area contributed by atoms with Crippen LogP contribution in [-0.2, 0) is 13.2 Å². The van der Waals surface area contributed by atoms with Crippen LogP contribution in [0.3, 0.4) is 0 Å². The van der Waals surface area contributed by atoms with E-state index in [1.165, 1.54) is 0 Å². The monoisotopic (exact) mass is 387 g/mol. The SMILES string of the molecule is CC(Sc1nc(N)cc(C(F)(F)F)n1)c1cc2c(Cl)cn(C)c2cn1. The fourth-order valence-electron chi connectivity index (χ4n) is 2.33. The van der Waals surface area contributed by atoms with Gasteiger partial charge < -0.3 is 10.3 Å². The molecule has 3 heterocycles. The molecule has 0 saturated heterocycles. The van der Waals surface area contributed by atoms with E-state index in [0.29, 0.717) is 16.8 Å². The zero-order valence-corrected chi connectivity index (χ0v) is 14.7. The number of hydrogen-bond acceptors (Lipinski definition) is 5. The number of hydrogen-bond donors (Lipinski definition) is 1. The van der Waals surface area contributed by atoms with Crippen molar-refractivity contribution in [3.05, 3.63) is 40.9 Å². The van der Waals surface area contributed by atoms with Gasteiger partial charge in [0, 0.05) is 24.7 Å². The number of thioether (sulfide) groups is 1. The second-order valence-electron chi connectivity index (χ2n) is 5.43. The first-order valence-electron chi connectivity index (χ1n) is 7.14. The molecule has 0 saturated carbocycles. The molecule has 0 amide bonds. The number of anilines is 1. The lowest BCUT2D eigenvalue weighted by molar-refractivity contribution is -0.141. The molecule has 3 aromatic heterocycles. The molecule has 1 unspecified atom stereocenters. The van der Waals surface area contributed by atoms with Crippen LogP contribution in [0.1, 0.15) is 23.6 Å². The Morgan fingerprint density at radius 1 is 1.28 bits per heavy atom. The molecule has 0 aromatic carbocycles. The number of fused-ring (bicyclic) bond motifs is 1. The van der Waals surface area contributed by atoms with Crippen molar-refractivity contribution >= 4 is 40.1 Å². The molecule has 0 radical (unpaired) electrons. The van der Waals surface area contributed by atoms with Crippen LogP contribution in [-0.4, -0.2) is 19.5 Å². The Morgan fingerprint density at radius 3 is 2.68 bits per heavy atom. The quantitative estimate of drug-likeness (QED) is 0.530. The first kappa shape index (κ1) is 17.8. The second-order valence-corrected chi connectivity index (χ2v) is 7.15. The zero-order valence-electron chi connectivity index (χ0n) is 13.2. The number of alkyl halides is 3. The van der Waals surface area contributed by atoms with E-state index < -0.39 is 11.9 Å². The summed E-state index contributed by atoms with van der Waals surface area (Å²) >= 11 is 7.23. The minimum absolute atomic E-state index is 0.0547. The number of aromatic nitrogens is 4. The molecule has 0 fully saturated rings. The van der Waals surface area contributed by atoms with E-state index in [4.69, 9.17) is 17.3 Å². The Hall–Kier alpha value is -2.00. The second kappa shape index (κ2) is 6.38. The highest BCUT2D eigenvalue weighted by Gasteiger charge is 2.33. The lowest BCUT2D eigenvalue weighted by atomic mass is 10.2. The average Bonchev–Trinajstić information content (AvgIpc) is 2.80. The van der Waals surface area contributed by atoms with Crippen LogP contribution in [0, 0.1) is 0 Å². The summed E-state index contributed by atoms with van der Waals surface area (Å²) in [6.45, 7) is 1.80. The molecule has 25 heavy (non-hydrogen) atoms. The summed E-state index contributed by atoms with van der Waals surface area (Å²) in [5.41, 5.74) is 5.93. The largest absolute Gasteiger partial charge is 0.433 e. The number of nitrogen functional groups attached to an aromatic ring is 1. The third-order valence-corrected chi connectivity index (χ3v) is 4.85. The van der Waals surface area contributed by atoms with E-state index in [-0.39, 0.29) is 16.2 Å². The molecule has 0 bridgehead atoms. The fraction of sp³-hybridized carbons (Fsp3) is 0.267. The van der Waals surface area contributed by atoms with Crippen molar-refractivity contribution in [3.63, 3.8) is 0 Å². The maximum Gasteiger partial charge on any atom is 0.433 e. The van der Waals surface area contributed by atoms with Gasteiger partial charge in [-0.3, -0.25) is 4.98 Å². The van der Waals surface area contributed by atoms with Crippen LogP contribution in [0.4, 0.5) is 19.0 Å². The Morgan fingerprint density at radius 2 is 2.00 bits per heavy atom. The van der Waals surface area contributed by atoms with Crippen LogP contribution in [0.2, 0.25) is 5.02 Å². The molecule has 1 atom stereocenters. The van der Waals surface area contributed by atoms with Gasteiger partial charge in [-0.2, -0.15) is 13.2 Å². The predicted octanol–water partition coefficient (Wildman–Crippen LogP) is 4.47. The van der Waals surface area contributed by atoms with Gasteiger partial charge in [0.05, 0.1) is 27.7 Å². The molecule has 132 valence electrons. The highest BCUT2D eigenvalue weighted by atomic mass is 35.5. The topological polar surface area (TPSA) is 69.6 Å². The first-order valence-corrected chi connectivity index (χ1v) is 8.40. The molecular weight excluding hydrogens is 375 g/mol. The molecule has 3 aromatic rings. The van der Waals surface area contributed by atoms with Crippen LogP contribution in [0.5, 0.6) is 0 Å². The molecule has 0 aliphatic rings. The molecule has 2 N–H and O–H groups in total.